The van der Waals surface area contributed by atoms with E-state index in [0.29, 0.717) is 44.4 Å². The highest BCUT2D eigenvalue weighted by Gasteiger charge is 2.13. The Morgan fingerprint density at radius 2 is 1.55 bits per heavy atom. The van der Waals surface area contributed by atoms with Gasteiger partial charge in [-0.15, -0.1) is 0 Å². The summed E-state index contributed by atoms with van der Waals surface area (Å²) in [6.07, 6.45) is 1.44. The van der Waals surface area contributed by atoms with Gasteiger partial charge in [0.2, 0.25) is 0 Å². The van der Waals surface area contributed by atoms with Gasteiger partial charge >= 0.3 is 0 Å². The summed E-state index contributed by atoms with van der Waals surface area (Å²) in [4.78, 5) is 12.9. The molecular formula is C30H21Cl3N2O3. The fourth-order valence-electron chi connectivity index (χ4n) is 3.42. The zero-order valence-corrected chi connectivity index (χ0v) is 22.2. The minimum atomic E-state index is -0.569. The summed E-state index contributed by atoms with van der Waals surface area (Å²) in [6.45, 7) is 0.591. The van der Waals surface area contributed by atoms with Crippen molar-refractivity contribution >= 4 is 52.5 Å². The fraction of sp³-hybridized carbons (Fsp3) is 0.0667. The van der Waals surface area contributed by atoms with Crippen molar-refractivity contribution in [3.8, 4) is 17.6 Å². The van der Waals surface area contributed by atoms with Crippen LogP contribution in [-0.4, -0.2) is 5.91 Å². The molecule has 0 bridgehead atoms. The van der Waals surface area contributed by atoms with Crippen LogP contribution in [0.2, 0.25) is 15.1 Å². The molecule has 4 aromatic carbocycles. The van der Waals surface area contributed by atoms with Crippen LogP contribution in [0.5, 0.6) is 11.5 Å². The van der Waals surface area contributed by atoms with Crippen molar-refractivity contribution in [2.75, 3.05) is 5.32 Å². The maximum Gasteiger partial charge on any atom is 0.266 e. The van der Waals surface area contributed by atoms with Crippen LogP contribution < -0.4 is 14.8 Å². The molecule has 8 heteroatoms. The molecule has 4 rings (SSSR count). The quantitative estimate of drug-likeness (QED) is 0.164. The van der Waals surface area contributed by atoms with E-state index in [4.69, 9.17) is 44.3 Å². The summed E-state index contributed by atoms with van der Waals surface area (Å²) in [7, 11) is 0. The Morgan fingerprint density at radius 1 is 0.842 bits per heavy atom. The van der Waals surface area contributed by atoms with E-state index in [9.17, 15) is 10.1 Å². The van der Waals surface area contributed by atoms with E-state index in [1.54, 1.807) is 60.7 Å². The number of nitrogens with one attached hydrogen (secondary N) is 1. The van der Waals surface area contributed by atoms with Crippen molar-refractivity contribution in [3.63, 3.8) is 0 Å². The molecule has 0 aliphatic carbocycles. The fourth-order valence-corrected chi connectivity index (χ4v) is 3.92. The Labute approximate surface area is 235 Å². The average Bonchev–Trinajstić information content (AvgIpc) is 2.92. The van der Waals surface area contributed by atoms with Crippen LogP contribution in [0, 0.1) is 11.3 Å². The highest BCUT2D eigenvalue weighted by Crippen LogP contribution is 2.27. The van der Waals surface area contributed by atoms with Gasteiger partial charge in [0.1, 0.15) is 36.4 Å². The number of anilines is 1. The number of carbonyl (C=O) groups is 1. The lowest BCUT2D eigenvalue weighted by molar-refractivity contribution is -0.112. The first-order chi connectivity index (χ1) is 18.4. The van der Waals surface area contributed by atoms with E-state index in [1.165, 1.54) is 6.08 Å². The van der Waals surface area contributed by atoms with Crippen molar-refractivity contribution in [2.24, 2.45) is 0 Å². The number of amides is 1. The van der Waals surface area contributed by atoms with Crippen molar-refractivity contribution in [3.05, 3.63) is 128 Å². The molecule has 0 fully saturated rings. The summed E-state index contributed by atoms with van der Waals surface area (Å²) in [5.41, 5.74) is 2.68. The number of benzene rings is 4. The molecular weight excluding hydrogens is 543 g/mol. The van der Waals surface area contributed by atoms with Crippen LogP contribution in [0.4, 0.5) is 5.69 Å². The van der Waals surface area contributed by atoms with Gasteiger partial charge in [-0.3, -0.25) is 4.79 Å². The Hall–Kier alpha value is -3.95. The smallest absolute Gasteiger partial charge is 0.266 e. The van der Waals surface area contributed by atoms with Gasteiger partial charge in [-0.2, -0.15) is 5.26 Å². The molecule has 0 aromatic heterocycles. The lowest BCUT2D eigenvalue weighted by Gasteiger charge is -2.11. The molecule has 0 aliphatic heterocycles. The second-order valence-corrected chi connectivity index (χ2v) is 9.41. The topological polar surface area (TPSA) is 71.3 Å². The second-order valence-electron chi connectivity index (χ2n) is 8.13. The van der Waals surface area contributed by atoms with Gasteiger partial charge in [-0.25, -0.2) is 0 Å². The highest BCUT2D eigenvalue weighted by molar-refractivity contribution is 6.31. The van der Waals surface area contributed by atoms with E-state index in [-0.39, 0.29) is 12.2 Å². The van der Waals surface area contributed by atoms with Crippen molar-refractivity contribution < 1.29 is 14.3 Å². The number of ether oxygens (including phenoxy) is 2. The lowest BCUT2D eigenvalue weighted by Crippen LogP contribution is -2.13. The van der Waals surface area contributed by atoms with Gasteiger partial charge in [0.15, 0.2) is 0 Å². The van der Waals surface area contributed by atoms with Gasteiger partial charge < -0.3 is 14.8 Å². The molecule has 0 unspecified atom stereocenters. The third-order valence-electron chi connectivity index (χ3n) is 5.41. The van der Waals surface area contributed by atoms with E-state index in [2.05, 4.69) is 5.32 Å². The lowest BCUT2D eigenvalue weighted by atomic mass is 10.1. The zero-order chi connectivity index (χ0) is 26.9. The summed E-state index contributed by atoms with van der Waals surface area (Å²) < 4.78 is 11.7. The molecule has 0 atom stereocenters. The van der Waals surface area contributed by atoms with Crippen molar-refractivity contribution in [1.29, 1.82) is 5.26 Å². The normalized spacial score (nSPS) is 10.9. The van der Waals surface area contributed by atoms with Gasteiger partial charge in [0.25, 0.3) is 5.91 Å². The summed E-state index contributed by atoms with van der Waals surface area (Å²) in [5.74, 6) is 0.520. The Balaban J connectivity index is 1.43. The first-order valence-electron chi connectivity index (χ1n) is 11.5. The van der Waals surface area contributed by atoms with Crippen LogP contribution in [0.15, 0.2) is 96.6 Å². The van der Waals surface area contributed by atoms with Crippen LogP contribution in [0.25, 0.3) is 6.08 Å². The number of nitriles is 1. The molecule has 38 heavy (non-hydrogen) atoms. The number of halogens is 3. The average molecular weight is 564 g/mol. The molecule has 0 saturated carbocycles. The molecule has 0 aliphatic rings. The molecule has 4 aromatic rings. The molecule has 190 valence electrons. The number of carbonyl (C=O) groups excluding carboxylic acids is 1. The van der Waals surface area contributed by atoms with Crippen LogP contribution in [-0.2, 0) is 18.0 Å². The molecule has 1 N–H and O–H groups in total. The monoisotopic (exact) mass is 562 g/mol. The first kappa shape index (κ1) is 27.1. The summed E-state index contributed by atoms with van der Waals surface area (Å²) in [6, 6.07) is 28.5. The summed E-state index contributed by atoms with van der Waals surface area (Å²) >= 11 is 18.3. The predicted molar refractivity (Wildman–Crippen MR) is 152 cm³/mol. The van der Waals surface area contributed by atoms with Gasteiger partial charge in [0.05, 0.1) is 0 Å². The SMILES string of the molecule is N#C/C(=C\c1cc(Cl)ccc1OCc1ccc(Cl)cc1)C(=O)Nc1ccc(OCc2ccccc2Cl)cc1. The standard InChI is InChI=1S/C30H21Cl3N2O3/c31-24-7-5-20(6-8-24)18-38-29-14-9-25(32)16-22(29)15-23(17-34)30(36)35-26-10-12-27(13-11-26)37-19-21-3-1-2-4-28(21)33/h1-16H,18-19H2,(H,35,36)/b23-15+. The zero-order valence-electron chi connectivity index (χ0n) is 20.0. The van der Waals surface area contributed by atoms with Crippen molar-refractivity contribution in [1.82, 2.24) is 0 Å². The minimum Gasteiger partial charge on any atom is -0.489 e. The van der Waals surface area contributed by atoms with Crippen LogP contribution in [0.3, 0.4) is 0 Å². The molecule has 0 heterocycles. The number of hydrogen-bond donors (Lipinski definition) is 1. The maximum absolute atomic E-state index is 12.9. The molecule has 0 radical (unpaired) electrons. The predicted octanol–water partition coefficient (Wildman–Crippen LogP) is 8.35. The molecule has 0 saturated heterocycles. The third-order valence-corrected chi connectivity index (χ3v) is 6.26. The Bertz CT molecular complexity index is 1490. The molecule has 1 amide bonds. The Morgan fingerprint density at radius 3 is 2.26 bits per heavy atom. The van der Waals surface area contributed by atoms with Crippen LogP contribution >= 0.6 is 34.8 Å². The van der Waals surface area contributed by atoms with E-state index < -0.39 is 5.91 Å². The summed E-state index contributed by atoms with van der Waals surface area (Å²) in [5, 5.41) is 14.1. The van der Waals surface area contributed by atoms with Gasteiger partial charge in [-0.05, 0) is 72.3 Å². The molecule has 5 nitrogen and oxygen atoms in total. The maximum atomic E-state index is 12.9. The van der Waals surface area contributed by atoms with E-state index >= 15 is 0 Å². The first-order valence-corrected chi connectivity index (χ1v) is 12.6. The Kier molecular flexibility index (Phi) is 9.29. The van der Waals surface area contributed by atoms with Gasteiger partial charge in [-0.1, -0.05) is 65.1 Å². The van der Waals surface area contributed by atoms with Crippen molar-refractivity contribution in [2.45, 2.75) is 13.2 Å². The number of hydrogen-bond acceptors (Lipinski definition) is 4. The van der Waals surface area contributed by atoms with E-state index in [1.807, 2.05) is 36.4 Å². The largest absolute Gasteiger partial charge is 0.489 e. The minimum absolute atomic E-state index is 0.109. The van der Waals surface area contributed by atoms with E-state index in [0.717, 1.165) is 11.1 Å². The molecule has 0 spiro atoms. The highest BCUT2D eigenvalue weighted by atomic mass is 35.5. The van der Waals surface area contributed by atoms with Crippen LogP contribution in [0.1, 0.15) is 16.7 Å². The second kappa shape index (κ2) is 13.0. The number of rotatable bonds is 9. The van der Waals surface area contributed by atoms with Gasteiger partial charge in [0, 0.05) is 31.9 Å². The third kappa shape index (κ3) is 7.53. The number of nitrogens with zero attached hydrogens (tertiary/aromatic N) is 1.